The van der Waals surface area contributed by atoms with Crippen LogP contribution in [-0.4, -0.2) is 31.6 Å². The number of carbonyl (C=O) groups is 1. The Morgan fingerprint density at radius 3 is 3.05 bits per heavy atom. The molecule has 2 heterocycles. The van der Waals surface area contributed by atoms with Crippen LogP contribution in [-0.2, 0) is 15.0 Å². The van der Waals surface area contributed by atoms with E-state index in [-0.39, 0.29) is 18.9 Å². The van der Waals surface area contributed by atoms with Crippen molar-refractivity contribution >= 4 is 44.4 Å². The predicted octanol–water partition coefficient (Wildman–Crippen LogP) is 1.37. The van der Waals surface area contributed by atoms with E-state index < -0.39 is 21.9 Å². The highest BCUT2D eigenvalue weighted by Crippen LogP contribution is 2.33. The molecule has 1 aliphatic rings. The summed E-state index contributed by atoms with van der Waals surface area (Å²) in [6.07, 6.45) is 1.46. The number of anilines is 1. The predicted molar refractivity (Wildman–Crippen MR) is 68.9 cm³/mol. The topological polar surface area (TPSA) is 91.1 Å². The van der Waals surface area contributed by atoms with Gasteiger partial charge < -0.3 is 0 Å². The first-order chi connectivity index (χ1) is 8.89. The number of halogens is 1. The molecule has 1 aromatic rings. The van der Waals surface area contributed by atoms with Crippen molar-refractivity contribution in [2.45, 2.75) is 10.6 Å². The lowest BCUT2D eigenvalue weighted by Gasteiger charge is -2.11. The lowest BCUT2D eigenvalue weighted by atomic mass is 10.1. The lowest BCUT2D eigenvalue weighted by molar-refractivity contribution is -0.117. The van der Waals surface area contributed by atoms with Crippen LogP contribution in [0.15, 0.2) is 10.4 Å². The minimum atomic E-state index is -4.58. The summed E-state index contributed by atoms with van der Waals surface area (Å²) in [5.41, 5.74) is 0. The third kappa shape index (κ3) is 3.65. The minimum absolute atomic E-state index is 0.0105. The van der Waals surface area contributed by atoms with Gasteiger partial charge >= 0.3 is 10.2 Å². The Morgan fingerprint density at radius 2 is 2.42 bits per heavy atom. The molecule has 0 spiro atoms. The Balaban J connectivity index is 2.09. The summed E-state index contributed by atoms with van der Waals surface area (Å²) in [6.45, 7) is 0.131. The second-order valence-electron chi connectivity index (χ2n) is 3.94. The molecule has 2 rings (SSSR count). The third-order valence-electron chi connectivity index (χ3n) is 2.49. The van der Waals surface area contributed by atoms with Gasteiger partial charge in [0.1, 0.15) is 5.40 Å². The monoisotopic (exact) mass is 321 g/mol. The molecular weight excluding hydrogens is 313 g/mol. The number of amides is 1. The fourth-order valence-electron chi connectivity index (χ4n) is 1.83. The number of thiazole rings is 1. The average molecular weight is 321 g/mol. The molecule has 102 valence electrons. The van der Waals surface area contributed by atoms with Crippen LogP contribution >= 0.6 is 23.1 Å². The van der Waals surface area contributed by atoms with E-state index in [1.54, 1.807) is 0 Å². The van der Waals surface area contributed by atoms with Crippen molar-refractivity contribution < 1.29 is 17.1 Å². The molecule has 1 atom stereocenters. The molecule has 1 fully saturated rings. The standard InChI is InChI=1S/C9H8FN3O3S3/c10-19(15,16)4-6-1-7(14)13(3-6)9-12-2-8(18-9)17-5-11/h2,6H,1,3-4H2. The largest absolute Gasteiger partial charge is 0.302 e. The number of hydrogen-bond acceptors (Lipinski definition) is 7. The fourth-order valence-corrected chi connectivity index (χ4v) is 3.99. The number of nitrogens with zero attached hydrogens (tertiary/aromatic N) is 3. The quantitative estimate of drug-likeness (QED) is 0.472. The van der Waals surface area contributed by atoms with Gasteiger partial charge in [-0.1, -0.05) is 11.3 Å². The van der Waals surface area contributed by atoms with Crippen LogP contribution in [0.5, 0.6) is 0 Å². The molecule has 0 bridgehead atoms. The van der Waals surface area contributed by atoms with Crippen molar-refractivity contribution in [3.63, 3.8) is 0 Å². The van der Waals surface area contributed by atoms with E-state index in [0.29, 0.717) is 9.34 Å². The number of thioether (sulfide) groups is 1. The van der Waals surface area contributed by atoms with Gasteiger partial charge in [0.2, 0.25) is 5.91 Å². The number of carbonyl (C=O) groups excluding carboxylic acids is 1. The molecule has 10 heteroatoms. The normalized spacial score (nSPS) is 19.7. The van der Waals surface area contributed by atoms with Gasteiger partial charge in [-0.3, -0.25) is 9.69 Å². The van der Waals surface area contributed by atoms with E-state index in [1.807, 2.05) is 5.40 Å². The highest BCUT2D eigenvalue weighted by atomic mass is 32.3. The van der Waals surface area contributed by atoms with Gasteiger partial charge in [-0.2, -0.15) is 13.7 Å². The zero-order valence-electron chi connectivity index (χ0n) is 9.45. The molecule has 1 aromatic heterocycles. The number of rotatable bonds is 4. The van der Waals surface area contributed by atoms with Crippen molar-refractivity contribution in [1.82, 2.24) is 4.98 Å². The van der Waals surface area contributed by atoms with Crippen molar-refractivity contribution in [1.29, 1.82) is 5.26 Å². The minimum Gasteiger partial charge on any atom is -0.288 e. The van der Waals surface area contributed by atoms with E-state index in [9.17, 15) is 17.1 Å². The summed E-state index contributed by atoms with van der Waals surface area (Å²) >= 11 is 2.10. The lowest BCUT2D eigenvalue weighted by Crippen LogP contribution is -2.25. The first-order valence-electron chi connectivity index (χ1n) is 5.13. The Kier molecular flexibility index (Phi) is 4.07. The van der Waals surface area contributed by atoms with Crippen LogP contribution in [0.2, 0.25) is 0 Å². The molecule has 1 amide bonds. The summed E-state index contributed by atoms with van der Waals surface area (Å²) in [5, 5.41) is 10.8. The van der Waals surface area contributed by atoms with E-state index in [1.165, 1.54) is 22.4 Å². The van der Waals surface area contributed by atoms with E-state index >= 15 is 0 Å². The molecule has 0 aromatic carbocycles. The SMILES string of the molecule is N#CSc1cnc(N2CC(CS(=O)(=O)F)CC2=O)s1. The second-order valence-corrected chi connectivity index (χ2v) is 7.44. The van der Waals surface area contributed by atoms with Gasteiger partial charge in [0.25, 0.3) is 0 Å². The Hall–Kier alpha value is -1.18. The molecule has 1 aliphatic heterocycles. The van der Waals surface area contributed by atoms with Gasteiger partial charge in [-0.15, -0.1) is 3.89 Å². The number of thiocyanates is 1. The van der Waals surface area contributed by atoms with Gasteiger partial charge in [0.05, 0.1) is 16.2 Å². The van der Waals surface area contributed by atoms with Crippen molar-refractivity contribution in [2.75, 3.05) is 17.2 Å². The Morgan fingerprint density at radius 1 is 1.68 bits per heavy atom. The second kappa shape index (κ2) is 5.44. The average Bonchev–Trinajstić information content (AvgIpc) is 2.84. The third-order valence-corrected chi connectivity index (χ3v) is 5.07. The molecule has 0 radical (unpaired) electrons. The van der Waals surface area contributed by atoms with Crippen LogP contribution in [0.4, 0.5) is 9.02 Å². The van der Waals surface area contributed by atoms with Gasteiger partial charge in [-0.25, -0.2) is 4.98 Å². The smallest absolute Gasteiger partial charge is 0.288 e. The maximum absolute atomic E-state index is 12.6. The van der Waals surface area contributed by atoms with Gasteiger partial charge in [0.15, 0.2) is 5.13 Å². The first-order valence-corrected chi connectivity index (χ1v) is 8.32. The van der Waals surface area contributed by atoms with E-state index in [0.717, 1.165) is 11.8 Å². The zero-order chi connectivity index (χ0) is 14.0. The van der Waals surface area contributed by atoms with Crippen LogP contribution in [0.25, 0.3) is 0 Å². The fraction of sp³-hybridized carbons (Fsp3) is 0.444. The van der Waals surface area contributed by atoms with E-state index in [2.05, 4.69) is 4.98 Å². The molecule has 0 N–H and O–H groups in total. The van der Waals surface area contributed by atoms with Crippen LogP contribution < -0.4 is 4.90 Å². The summed E-state index contributed by atoms with van der Waals surface area (Å²) in [4.78, 5) is 17.1. The molecule has 0 aliphatic carbocycles. The Bertz CT molecular complexity index is 637. The number of hydrogen-bond donors (Lipinski definition) is 0. The summed E-state index contributed by atoms with van der Waals surface area (Å²) in [6, 6.07) is 0. The molecule has 19 heavy (non-hydrogen) atoms. The molecular formula is C9H8FN3O3S3. The van der Waals surface area contributed by atoms with Crippen molar-refractivity contribution in [3.8, 4) is 5.40 Å². The highest BCUT2D eigenvalue weighted by molar-refractivity contribution is 8.05. The first kappa shape index (κ1) is 14.2. The van der Waals surface area contributed by atoms with Crippen LogP contribution in [0.3, 0.4) is 0 Å². The molecule has 0 saturated carbocycles. The maximum Gasteiger partial charge on any atom is 0.302 e. The van der Waals surface area contributed by atoms with Crippen molar-refractivity contribution in [3.05, 3.63) is 6.20 Å². The summed E-state index contributed by atoms with van der Waals surface area (Å²) in [7, 11) is -4.58. The summed E-state index contributed by atoms with van der Waals surface area (Å²) in [5.74, 6) is -1.49. The van der Waals surface area contributed by atoms with Crippen LogP contribution in [0, 0.1) is 16.6 Å². The number of aromatic nitrogens is 1. The summed E-state index contributed by atoms with van der Waals surface area (Å²) < 4.78 is 34.4. The molecule has 1 unspecified atom stereocenters. The van der Waals surface area contributed by atoms with E-state index in [4.69, 9.17) is 5.26 Å². The zero-order valence-corrected chi connectivity index (χ0v) is 11.9. The van der Waals surface area contributed by atoms with Crippen molar-refractivity contribution in [2.24, 2.45) is 5.92 Å². The molecule has 1 saturated heterocycles. The molecule has 6 nitrogen and oxygen atoms in total. The van der Waals surface area contributed by atoms with Crippen LogP contribution in [0.1, 0.15) is 6.42 Å². The Labute approximate surface area is 117 Å². The van der Waals surface area contributed by atoms with Gasteiger partial charge in [0, 0.05) is 30.6 Å². The maximum atomic E-state index is 12.6. The number of nitriles is 1. The highest BCUT2D eigenvalue weighted by Gasteiger charge is 2.35. The van der Waals surface area contributed by atoms with Gasteiger partial charge in [-0.05, 0) is 0 Å².